The number of benzene rings is 1. The minimum absolute atomic E-state index is 0.00933. The minimum atomic E-state index is -0.00933. The first-order valence-electron chi connectivity index (χ1n) is 13.3. The summed E-state index contributed by atoms with van der Waals surface area (Å²) < 4.78 is 6.68. The van der Waals surface area contributed by atoms with Crippen LogP contribution in [0.3, 0.4) is 0 Å². The first-order valence-corrected chi connectivity index (χ1v) is 14.1. The number of aromatic amines is 1. The van der Waals surface area contributed by atoms with E-state index in [9.17, 15) is 9.59 Å². The van der Waals surface area contributed by atoms with Crippen LogP contribution in [0.2, 0.25) is 0 Å². The zero-order valence-electron chi connectivity index (χ0n) is 21.9. The average Bonchev–Trinajstić information content (AvgIpc) is 3.63. The molecule has 200 valence electrons. The number of rotatable bonds is 7. The Labute approximate surface area is 230 Å². The van der Waals surface area contributed by atoms with E-state index in [1.807, 2.05) is 29.3 Å². The van der Waals surface area contributed by atoms with Gasteiger partial charge in [-0.3, -0.25) is 14.7 Å². The number of fused-ring (bicyclic) bond motifs is 2. The number of H-pyrrole nitrogens is 1. The third-order valence-corrected chi connectivity index (χ3v) is 8.40. The Morgan fingerprint density at radius 1 is 1.15 bits per heavy atom. The van der Waals surface area contributed by atoms with Gasteiger partial charge in [0.2, 0.25) is 5.91 Å². The summed E-state index contributed by atoms with van der Waals surface area (Å²) in [6, 6.07) is 8.19. The summed E-state index contributed by atoms with van der Waals surface area (Å²) in [5, 5.41) is 8.24. The standard InChI is InChI=1S/C29H30N6O3S/c1-2-4-20(36)7-8-26(37)34-11-9-19(10-12-34)25-17-24-27(39-25)29(35-13-15-38-16-14-35)32-28(31-24)21-5-3-6-23-22(21)18-30-33-23/h2-6,9,17-18H,7-8,10-16H2,1H3,(H,30,33). The molecule has 5 heterocycles. The lowest BCUT2D eigenvalue weighted by atomic mass is 10.1. The number of aromatic nitrogens is 4. The van der Waals surface area contributed by atoms with Gasteiger partial charge in [0.25, 0.3) is 0 Å². The van der Waals surface area contributed by atoms with Crippen LogP contribution < -0.4 is 4.90 Å². The van der Waals surface area contributed by atoms with Crippen LogP contribution in [0.4, 0.5) is 5.82 Å². The van der Waals surface area contributed by atoms with E-state index < -0.39 is 0 Å². The molecule has 9 nitrogen and oxygen atoms in total. The van der Waals surface area contributed by atoms with Gasteiger partial charge in [-0.2, -0.15) is 5.10 Å². The summed E-state index contributed by atoms with van der Waals surface area (Å²) in [6.45, 7) is 5.91. The quantitative estimate of drug-likeness (QED) is 0.340. The lowest BCUT2D eigenvalue weighted by Crippen LogP contribution is -2.36. The molecule has 0 bridgehead atoms. The Morgan fingerprint density at radius 3 is 2.82 bits per heavy atom. The fourth-order valence-electron chi connectivity index (χ4n) is 5.12. The fourth-order valence-corrected chi connectivity index (χ4v) is 6.31. The molecular formula is C29H30N6O3S. The Bertz CT molecular complexity index is 1600. The van der Waals surface area contributed by atoms with Gasteiger partial charge >= 0.3 is 0 Å². The highest BCUT2D eigenvalue weighted by Crippen LogP contribution is 2.39. The number of nitrogens with one attached hydrogen (secondary N) is 1. The summed E-state index contributed by atoms with van der Waals surface area (Å²) in [6.07, 6.45) is 8.46. The molecule has 6 rings (SSSR count). The van der Waals surface area contributed by atoms with E-state index in [1.165, 1.54) is 11.6 Å². The van der Waals surface area contributed by atoms with E-state index in [2.05, 4.69) is 27.2 Å². The van der Waals surface area contributed by atoms with E-state index in [0.29, 0.717) is 32.1 Å². The first-order chi connectivity index (χ1) is 19.1. The van der Waals surface area contributed by atoms with Crippen molar-refractivity contribution in [3.8, 4) is 11.4 Å². The molecule has 0 atom stereocenters. The highest BCUT2D eigenvalue weighted by molar-refractivity contribution is 7.20. The van der Waals surface area contributed by atoms with Gasteiger partial charge in [-0.25, -0.2) is 9.97 Å². The van der Waals surface area contributed by atoms with Crippen molar-refractivity contribution >= 4 is 55.5 Å². The average molecular weight is 543 g/mol. The molecule has 0 unspecified atom stereocenters. The Kier molecular flexibility index (Phi) is 7.21. The van der Waals surface area contributed by atoms with Crippen LogP contribution in [0.1, 0.15) is 31.1 Å². The second-order valence-corrected chi connectivity index (χ2v) is 10.8. The number of hydrogen-bond donors (Lipinski definition) is 1. The van der Waals surface area contributed by atoms with Crippen LogP contribution in [-0.2, 0) is 14.3 Å². The summed E-state index contributed by atoms with van der Waals surface area (Å²) in [5.41, 5.74) is 4.04. The van der Waals surface area contributed by atoms with Crippen LogP contribution >= 0.6 is 11.3 Å². The van der Waals surface area contributed by atoms with Crippen molar-refractivity contribution in [1.29, 1.82) is 0 Å². The molecule has 3 aromatic heterocycles. The number of carbonyl (C=O) groups is 2. The largest absolute Gasteiger partial charge is 0.378 e. The molecule has 1 amide bonds. The number of nitrogens with zero attached hydrogens (tertiary/aromatic N) is 5. The summed E-state index contributed by atoms with van der Waals surface area (Å²) in [7, 11) is 0. The third kappa shape index (κ3) is 5.22. The normalized spacial score (nSPS) is 16.4. The molecule has 0 radical (unpaired) electrons. The molecule has 0 spiro atoms. The molecule has 2 aliphatic heterocycles. The molecule has 1 N–H and O–H groups in total. The maximum Gasteiger partial charge on any atom is 0.223 e. The number of morpholine rings is 1. The SMILES string of the molecule is CC=CC(=O)CCC(=O)N1CC=C(c2cc3nc(-c4cccc5[nH]ncc45)nc(N4CCOCC4)c3s2)CC1. The lowest BCUT2D eigenvalue weighted by Gasteiger charge is -2.28. The van der Waals surface area contributed by atoms with Crippen LogP contribution in [0.5, 0.6) is 0 Å². The molecule has 2 aliphatic rings. The molecule has 0 aliphatic carbocycles. The Hall–Kier alpha value is -3.89. The van der Waals surface area contributed by atoms with Crippen LogP contribution in [0.15, 0.2) is 48.7 Å². The molecule has 1 saturated heterocycles. The van der Waals surface area contributed by atoms with E-state index in [4.69, 9.17) is 14.7 Å². The highest BCUT2D eigenvalue weighted by atomic mass is 32.1. The third-order valence-electron chi connectivity index (χ3n) is 7.21. The second-order valence-electron chi connectivity index (χ2n) is 9.72. The molecular weight excluding hydrogens is 512 g/mol. The zero-order valence-corrected chi connectivity index (χ0v) is 22.7. The predicted molar refractivity (Wildman–Crippen MR) is 154 cm³/mol. The fraction of sp³-hybridized carbons (Fsp3) is 0.345. The van der Waals surface area contributed by atoms with Gasteiger partial charge in [0.05, 0.1) is 35.1 Å². The smallest absolute Gasteiger partial charge is 0.223 e. The van der Waals surface area contributed by atoms with Crippen molar-refractivity contribution in [2.75, 3.05) is 44.3 Å². The maximum absolute atomic E-state index is 12.6. The number of ether oxygens (including phenoxy) is 1. The van der Waals surface area contributed by atoms with E-state index >= 15 is 0 Å². The molecule has 0 saturated carbocycles. The number of thiophene rings is 1. The monoisotopic (exact) mass is 542 g/mol. The number of hydrogen-bond acceptors (Lipinski definition) is 8. The van der Waals surface area contributed by atoms with Gasteiger partial charge in [0.15, 0.2) is 17.4 Å². The molecule has 39 heavy (non-hydrogen) atoms. The Balaban J connectivity index is 1.31. The maximum atomic E-state index is 12.6. The Morgan fingerprint density at radius 2 is 2.03 bits per heavy atom. The molecule has 10 heteroatoms. The van der Waals surface area contributed by atoms with Gasteiger partial charge < -0.3 is 14.5 Å². The van der Waals surface area contributed by atoms with Gasteiger partial charge in [-0.15, -0.1) is 11.3 Å². The number of amides is 1. The van der Waals surface area contributed by atoms with Crippen molar-refractivity contribution in [3.63, 3.8) is 0 Å². The predicted octanol–water partition coefficient (Wildman–Crippen LogP) is 4.61. The van der Waals surface area contributed by atoms with Crippen LogP contribution in [-0.4, -0.2) is 76.1 Å². The van der Waals surface area contributed by atoms with E-state index in [-0.39, 0.29) is 24.5 Å². The highest BCUT2D eigenvalue weighted by Gasteiger charge is 2.24. The molecule has 1 fully saturated rings. The van der Waals surface area contributed by atoms with Crippen molar-refractivity contribution in [1.82, 2.24) is 25.1 Å². The molecule has 4 aromatic rings. The number of anilines is 1. The van der Waals surface area contributed by atoms with Crippen molar-refractivity contribution < 1.29 is 14.3 Å². The summed E-state index contributed by atoms with van der Waals surface area (Å²) in [5.74, 6) is 1.64. The van der Waals surface area contributed by atoms with Gasteiger partial charge in [-0.05, 0) is 37.1 Å². The minimum Gasteiger partial charge on any atom is -0.378 e. The zero-order chi connectivity index (χ0) is 26.8. The molecule has 1 aromatic carbocycles. The summed E-state index contributed by atoms with van der Waals surface area (Å²) >= 11 is 1.71. The number of carbonyl (C=O) groups excluding carboxylic acids is 2. The summed E-state index contributed by atoms with van der Waals surface area (Å²) in [4.78, 5) is 39.8. The lowest BCUT2D eigenvalue weighted by molar-refractivity contribution is -0.132. The van der Waals surface area contributed by atoms with E-state index in [1.54, 1.807) is 24.3 Å². The van der Waals surface area contributed by atoms with Gasteiger partial charge in [-0.1, -0.05) is 24.3 Å². The number of allylic oxidation sites excluding steroid dienone is 2. The van der Waals surface area contributed by atoms with Crippen LogP contribution in [0, 0.1) is 0 Å². The number of ketones is 1. The van der Waals surface area contributed by atoms with Crippen molar-refractivity contribution in [3.05, 3.63) is 53.6 Å². The van der Waals surface area contributed by atoms with Crippen LogP contribution in [0.25, 0.3) is 38.1 Å². The topological polar surface area (TPSA) is 104 Å². The second kappa shape index (κ2) is 11.1. The van der Waals surface area contributed by atoms with Gasteiger partial charge in [0.1, 0.15) is 0 Å². The van der Waals surface area contributed by atoms with Gasteiger partial charge in [0, 0.05) is 54.8 Å². The first kappa shape index (κ1) is 25.4. The van der Waals surface area contributed by atoms with E-state index in [0.717, 1.165) is 56.9 Å². The van der Waals surface area contributed by atoms with Crippen molar-refractivity contribution in [2.24, 2.45) is 0 Å². The van der Waals surface area contributed by atoms with Crippen molar-refractivity contribution in [2.45, 2.75) is 26.2 Å².